The number of hydrogen-bond donors (Lipinski definition) is 0. The van der Waals surface area contributed by atoms with Crippen LogP contribution in [0.3, 0.4) is 0 Å². The van der Waals surface area contributed by atoms with Gasteiger partial charge in [-0.1, -0.05) is 142 Å². The summed E-state index contributed by atoms with van der Waals surface area (Å²) in [6, 6.07) is 0. The van der Waals surface area contributed by atoms with Gasteiger partial charge in [-0.25, -0.2) is 0 Å². The third-order valence-corrected chi connectivity index (χ3v) is 6.78. The predicted octanol–water partition coefficient (Wildman–Crippen LogP) is 9.87. The summed E-state index contributed by atoms with van der Waals surface area (Å²) in [6.07, 6.45) is 29.5. The fourth-order valence-electron chi connectivity index (χ4n) is 4.43. The van der Waals surface area contributed by atoms with Gasteiger partial charge in [0.05, 0.1) is 13.2 Å². The summed E-state index contributed by atoms with van der Waals surface area (Å²) in [4.78, 5) is 23.6. The normalized spacial score (nSPS) is 11.0. The highest BCUT2D eigenvalue weighted by Gasteiger charge is 2.07. The lowest BCUT2D eigenvalue weighted by molar-refractivity contribution is -0.145. The Labute approximate surface area is 218 Å². The van der Waals surface area contributed by atoms with Crippen molar-refractivity contribution in [1.82, 2.24) is 0 Å². The molecular formula is C31H60O4. The molecule has 0 aliphatic carbocycles. The van der Waals surface area contributed by atoms with Crippen LogP contribution in [-0.2, 0) is 19.1 Å². The van der Waals surface area contributed by atoms with Crippen LogP contribution in [0.2, 0.25) is 0 Å². The minimum absolute atomic E-state index is 0.185. The predicted molar refractivity (Wildman–Crippen MR) is 149 cm³/mol. The third-order valence-electron chi connectivity index (χ3n) is 6.78. The first-order chi connectivity index (χ1) is 17.2. The Bertz CT molecular complexity index is 449. The van der Waals surface area contributed by atoms with Crippen molar-refractivity contribution in [2.75, 3.05) is 13.2 Å². The molecule has 0 saturated carbocycles. The van der Waals surface area contributed by atoms with Gasteiger partial charge in [-0.15, -0.1) is 0 Å². The second kappa shape index (κ2) is 29.2. The minimum Gasteiger partial charge on any atom is -0.466 e. The van der Waals surface area contributed by atoms with Gasteiger partial charge in [-0.05, 0) is 19.3 Å². The molecule has 0 bridgehead atoms. The molecule has 208 valence electrons. The summed E-state index contributed by atoms with van der Waals surface area (Å²) < 4.78 is 10.6. The number of carbonyl (C=O) groups is 2. The lowest BCUT2D eigenvalue weighted by atomic mass is 10.0. The lowest BCUT2D eigenvalue weighted by Crippen LogP contribution is -2.09. The van der Waals surface area contributed by atoms with Crippen LogP contribution < -0.4 is 0 Å². The topological polar surface area (TPSA) is 52.6 Å². The SMILES string of the molecule is CCCCCCCCCCCCCCCCOC(=O)CCCC(=O)OCCCCCCCCCC. The molecule has 0 fully saturated rings. The van der Waals surface area contributed by atoms with Crippen LogP contribution in [0.5, 0.6) is 0 Å². The Morgan fingerprint density at radius 2 is 0.629 bits per heavy atom. The van der Waals surface area contributed by atoms with Gasteiger partial charge >= 0.3 is 11.9 Å². The van der Waals surface area contributed by atoms with Gasteiger partial charge in [0.15, 0.2) is 0 Å². The molecule has 0 aromatic carbocycles. The van der Waals surface area contributed by atoms with Gasteiger partial charge in [0, 0.05) is 12.8 Å². The zero-order valence-electron chi connectivity index (χ0n) is 23.7. The number of hydrogen-bond acceptors (Lipinski definition) is 4. The zero-order chi connectivity index (χ0) is 25.7. The average molecular weight is 497 g/mol. The van der Waals surface area contributed by atoms with E-state index >= 15 is 0 Å². The van der Waals surface area contributed by atoms with E-state index in [9.17, 15) is 9.59 Å². The summed E-state index contributed by atoms with van der Waals surface area (Å²) in [6.45, 7) is 5.53. The monoisotopic (exact) mass is 496 g/mol. The van der Waals surface area contributed by atoms with Gasteiger partial charge < -0.3 is 9.47 Å². The average Bonchev–Trinajstić information content (AvgIpc) is 2.85. The van der Waals surface area contributed by atoms with Gasteiger partial charge in [0.1, 0.15) is 0 Å². The molecule has 0 aliphatic rings. The fourth-order valence-corrected chi connectivity index (χ4v) is 4.43. The molecule has 0 radical (unpaired) electrons. The minimum atomic E-state index is -0.187. The first kappa shape index (κ1) is 33.9. The molecule has 0 aliphatic heterocycles. The Morgan fingerprint density at radius 1 is 0.371 bits per heavy atom. The smallest absolute Gasteiger partial charge is 0.305 e. The molecule has 0 aromatic rings. The first-order valence-corrected chi connectivity index (χ1v) is 15.5. The van der Waals surface area contributed by atoms with E-state index in [0.717, 1.165) is 25.7 Å². The number of rotatable bonds is 28. The van der Waals surface area contributed by atoms with Crippen molar-refractivity contribution in [3.05, 3.63) is 0 Å². The third kappa shape index (κ3) is 29.1. The molecule has 4 nitrogen and oxygen atoms in total. The van der Waals surface area contributed by atoms with E-state index < -0.39 is 0 Å². The molecule has 0 saturated heterocycles. The molecule has 4 heteroatoms. The lowest BCUT2D eigenvalue weighted by Gasteiger charge is -2.06. The van der Waals surface area contributed by atoms with Crippen molar-refractivity contribution < 1.29 is 19.1 Å². The standard InChI is InChI=1S/C31H60O4/c1-3-5-7-9-11-13-14-15-16-17-18-20-22-24-29-35-31(33)27-25-26-30(32)34-28-23-21-19-12-10-8-6-4-2/h3-29H2,1-2H3. The van der Waals surface area contributed by atoms with E-state index in [1.54, 1.807) is 0 Å². The van der Waals surface area contributed by atoms with Crippen LogP contribution in [0, 0.1) is 0 Å². The molecule has 0 unspecified atom stereocenters. The zero-order valence-corrected chi connectivity index (χ0v) is 23.7. The van der Waals surface area contributed by atoms with E-state index in [0.29, 0.717) is 32.5 Å². The summed E-state index contributed by atoms with van der Waals surface area (Å²) in [5, 5.41) is 0. The largest absolute Gasteiger partial charge is 0.466 e. The highest BCUT2D eigenvalue weighted by atomic mass is 16.5. The van der Waals surface area contributed by atoms with Crippen molar-refractivity contribution in [2.45, 2.75) is 174 Å². The van der Waals surface area contributed by atoms with Crippen LogP contribution in [0.1, 0.15) is 174 Å². The first-order valence-electron chi connectivity index (χ1n) is 15.5. The summed E-state index contributed by atoms with van der Waals surface area (Å²) >= 11 is 0. The van der Waals surface area contributed by atoms with Crippen molar-refractivity contribution >= 4 is 11.9 Å². The Balaban J connectivity index is 3.27. The number of unbranched alkanes of at least 4 members (excludes halogenated alkanes) is 20. The number of carbonyl (C=O) groups excluding carboxylic acids is 2. The van der Waals surface area contributed by atoms with Crippen molar-refractivity contribution in [3.8, 4) is 0 Å². The van der Waals surface area contributed by atoms with Gasteiger partial charge in [-0.3, -0.25) is 9.59 Å². The maximum Gasteiger partial charge on any atom is 0.305 e. The van der Waals surface area contributed by atoms with Gasteiger partial charge in [0.2, 0.25) is 0 Å². The molecule has 0 N–H and O–H groups in total. The Morgan fingerprint density at radius 3 is 0.914 bits per heavy atom. The number of ether oxygens (including phenoxy) is 2. The van der Waals surface area contributed by atoms with Crippen LogP contribution in [0.25, 0.3) is 0 Å². The maximum absolute atomic E-state index is 11.8. The molecule has 35 heavy (non-hydrogen) atoms. The van der Waals surface area contributed by atoms with Gasteiger partial charge in [-0.2, -0.15) is 0 Å². The van der Waals surface area contributed by atoms with Crippen molar-refractivity contribution in [3.63, 3.8) is 0 Å². The van der Waals surface area contributed by atoms with Crippen molar-refractivity contribution in [1.29, 1.82) is 0 Å². The molecule has 0 spiro atoms. The molecule has 0 rings (SSSR count). The van der Waals surface area contributed by atoms with E-state index in [-0.39, 0.29) is 11.9 Å². The van der Waals surface area contributed by atoms with Crippen LogP contribution in [0.4, 0.5) is 0 Å². The highest BCUT2D eigenvalue weighted by molar-refractivity contribution is 5.72. The summed E-state index contributed by atoms with van der Waals surface area (Å²) in [5.74, 6) is -0.372. The Hall–Kier alpha value is -1.06. The number of esters is 2. The van der Waals surface area contributed by atoms with Crippen molar-refractivity contribution in [2.24, 2.45) is 0 Å². The molecule has 0 amide bonds. The van der Waals surface area contributed by atoms with E-state index in [4.69, 9.17) is 9.47 Å². The highest BCUT2D eigenvalue weighted by Crippen LogP contribution is 2.13. The van der Waals surface area contributed by atoms with E-state index in [2.05, 4.69) is 13.8 Å². The van der Waals surface area contributed by atoms with Crippen LogP contribution in [0.15, 0.2) is 0 Å². The molecular weight excluding hydrogens is 436 g/mol. The second-order valence-corrected chi connectivity index (χ2v) is 10.4. The van der Waals surface area contributed by atoms with Gasteiger partial charge in [0.25, 0.3) is 0 Å². The molecule has 0 atom stereocenters. The second-order valence-electron chi connectivity index (χ2n) is 10.4. The summed E-state index contributed by atoms with van der Waals surface area (Å²) in [7, 11) is 0. The molecule has 0 heterocycles. The van der Waals surface area contributed by atoms with Crippen LogP contribution in [-0.4, -0.2) is 25.2 Å². The fraction of sp³-hybridized carbons (Fsp3) is 0.935. The van der Waals surface area contributed by atoms with E-state index in [1.807, 2.05) is 0 Å². The Kier molecular flexibility index (Phi) is 28.3. The molecule has 0 aromatic heterocycles. The van der Waals surface area contributed by atoms with E-state index in [1.165, 1.54) is 116 Å². The summed E-state index contributed by atoms with van der Waals surface area (Å²) in [5.41, 5.74) is 0. The quantitative estimate of drug-likeness (QED) is 0.0798. The maximum atomic E-state index is 11.8. The van der Waals surface area contributed by atoms with Crippen LogP contribution >= 0.6 is 0 Å².